The first-order valence-corrected chi connectivity index (χ1v) is 15.0. The van der Waals surface area contributed by atoms with Gasteiger partial charge in [0.05, 0.1) is 6.61 Å². The van der Waals surface area contributed by atoms with Crippen LogP contribution in [-0.4, -0.2) is 60.8 Å². The van der Waals surface area contributed by atoms with Crippen LogP contribution >= 0.6 is 0 Å². The predicted molar refractivity (Wildman–Crippen MR) is 163 cm³/mol. The number of carbonyl (C=O) groups excluding carboxylic acids is 2. The zero-order valence-electron chi connectivity index (χ0n) is 25.4. The summed E-state index contributed by atoms with van der Waals surface area (Å²) < 4.78 is 21.7. The van der Waals surface area contributed by atoms with Gasteiger partial charge in [-0.05, 0) is 48.2 Å². The lowest BCUT2D eigenvalue weighted by Gasteiger charge is -2.30. The first-order valence-electron chi connectivity index (χ1n) is 15.0. The van der Waals surface area contributed by atoms with Gasteiger partial charge in [0.1, 0.15) is 37.4 Å². The van der Waals surface area contributed by atoms with E-state index in [1.54, 1.807) is 0 Å². The second kappa shape index (κ2) is 18.9. The van der Waals surface area contributed by atoms with E-state index in [1.807, 2.05) is 48.5 Å². The lowest BCUT2D eigenvalue weighted by atomic mass is 9.74. The molecule has 0 heterocycles. The standard InChI is InChI=1S/C34H48O8/c1-5-8-9-10-11-12-13-33(38)42-31(22-35)25-40-30-20-16-27(17-21-30)34(4,7-3)26-14-18-29(19-15-26)39-23-28(36)24-41-32(37)6-2/h6,14-21,28,31,35-36H,2,5,7-13,22-25H2,1,3-4H3. The molecule has 3 atom stereocenters. The van der Waals surface area contributed by atoms with Gasteiger partial charge in [-0.2, -0.15) is 0 Å². The number of aliphatic hydroxyl groups excluding tert-OH is 2. The normalized spacial score (nSPS) is 13.8. The van der Waals surface area contributed by atoms with E-state index in [0.717, 1.165) is 42.9 Å². The Bertz CT molecular complexity index is 1070. The third-order valence-electron chi connectivity index (χ3n) is 7.39. The summed E-state index contributed by atoms with van der Waals surface area (Å²) in [6, 6.07) is 15.5. The monoisotopic (exact) mass is 584 g/mol. The van der Waals surface area contributed by atoms with Gasteiger partial charge in [-0.1, -0.05) is 83.7 Å². The van der Waals surface area contributed by atoms with Crippen LogP contribution in [0.4, 0.5) is 0 Å². The van der Waals surface area contributed by atoms with Crippen LogP contribution in [0.1, 0.15) is 83.3 Å². The van der Waals surface area contributed by atoms with E-state index >= 15 is 0 Å². The highest BCUT2D eigenvalue weighted by molar-refractivity contribution is 5.81. The van der Waals surface area contributed by atoms with E-state index in [-0.39, 0.29) is 37.8 Å². The molecule has 2 aromatic rings. The largest absolute Gasteiger partial charge is 0.491 e. The number of rotatable bonds is 21. The van der Waals surface area contributed by atoms with Gasteiger partial charge in [0.25, 0.3) is 0 Å². The molecular weight excluding hydrogens is 536 g/mol. The molecule has 232 valence electrons. The zero-order chi connectivity index (χ0) is 30.8. The molecule has 0 fully saturated rings. The quantitative estimate of drug-likeness (QED) is 0.106. The SMILES string of the molecule is C=CC(=O)OCC(O)COc1ccc(C(C)(CC)c2ccc(OCC(CO)OC(=O)CCCCCCCC)cc2)cc1. The van der Waals surface area contributed by atoms with Crippen molar-refractivity contribution < 1.29 is 38.7 Å². The summed E-state index contributed by atoms with van der Waals surface area (Å²) >= 11 is 0. The molecule has 0 spiro atoms. The summed E-state index contributed by atoms with van der Waals surface area (Å²) in [5.74, 6) is 0.333. The molecule has 8 nitrogen and oxygen atoms in total. The van der Waals surface area contributed by atoms with E-state index in [2.05, 4.69) is 27.4 Å². The second-order valence-corrected chi connectivity index (χ2v) is 10.7. The topological polar surface area (TPSA) is 112 Å². The summed E-state index contributed by atoms with van der Waals surface area (Å²) in [7, 11) is 0. The highest BCUT2D eigenvalue weighted by atomic mass is 16.6. The first-order chi connectivity index (χ1) is 20.2. The van der Waals surface area contributed by atoms with Crippen LogP contribution in [0.3, 0.4) is 0 Å². The van der Waals surface area contributed by atoms with Crippen molar-refractivity contribution in [3.8, 4) is 11.5 Å². The lowest BCUT2D eigenvalue weighted by molar-refractivity contribution is -0.153. The molecule has 3 unspecified atom stereocenters. The van der Waals surface area contributed by atoms with E-state index in [1.165, 1.54) is 19.3 Å². The number of aliphatic hydroxyl groups is 2. The Morgan fingerprint density at radius 3 is 1.93 bits per heavy atom. The minimum atomic E-state index is -0.944. The molecule has 8 heteroatoms. The fraction of sp³-hybridized carbons (Fsp3) is 0.529. The first kappa shape index (κ1) is 34.8. The fourth-order valence-electron chi connectivity index (χ4n) is 4.50. The van der Waals surface area contributed by atoms with Gasteiger partial charge in [-0.15, -0.1) is 0 Å². The van der Waals surface area contributed by atoms with Crippen LogP contribution in [0.5, 0.6) is 11.5 Å². The molecule has 0 aromatic heterocycles. The highest BCUT2D eigenvalue weighted by Crippen LogP contribution is 2.36. The molecule has 0 saturated carbocycles. The number of hydrogen-bond donors (Lipinski definition) is 2. The molecule has 0 radical (unpaired) electrons. The Balaban J connectivity index is 1.88. The van der Waals surface area contributed by atoms with E-state index in [9.17, 15) is 19.8 Å². The van der Waals surface area contributed by atoms with Crippen LogP contribution in [0.15, 0.2) is 61.2 Å². The van der Waals surface area contributed by atoms with Crippen molar-refractivity contribution >= 4 is 11.9 Å². The number of ether oxygens (including phenoxy) is 4. The van der Waals surface area contributed by atoms with Crippen molar-refractivity contribution in [1.82, 2.24) is 0 Å². The molecule has 0 aliphatic carbocycles. The molecule has 2 aromatic carbocycles. The smallest absolute Gasteiger partial charge is 0.330 e. The molecule has 0 bridgehead atoms. The van der Waals surface area contributed by atoms with Crippen molar-refractivity contribution in [3.05, 3.63) is 72.3 Å². The number of hydrogen-bond acceptors (Lipinski definition) is 8. The molecule has 0 aliphatic rings. The van der Waals surface area contributed by atoms with Crippen LogP contribution in [0, 0.1) is 0 Å². The minimum absolute atomic E-state index is 0.00819. The van der Waals surface area contributed by atoms with Gasteiger partial charge in [-0.25, -0.2) is 4.79 Å². The van der Waals surface area contributed by atoms with Crippen LogP contribution < -0.4 is 9.47 Å². The Morgan fingerprint density at radius 2 is 1.40 bits per heavy atom. The Morgan fingerprint density at radius 1 is 0.857 bits per heavy atom. The van der Waals surface area contributed by atoms with Gasteiger partial charge in [0, 0.05) is 17.9 Å². The Labute approximate surface area is 250 Å². The average Bonchev–Trinajstić information content (AvgIpc) is 3.02. The molecule has 0 saturated heterocycles. The Hall–Kier alpha value is -3.36. The molecule has 0 aliphatic heterocycles. The Kier molecular flexibility index (Phi) is 15.7. The van der Waals surface area contributed by atoms with Gasteiger partial charge in [0.2, 0.25) is 0 Å². The molecule has 42 heavy (non-hydrogen) atoms. The summed E-state index contributed by atoms with van der Waals surface area (Å²) in [6.07, 6.45) is 7.15. The molecule has 0 amide bonds. The van der Waals surface area contributed by atoms with E-state index in [4.69, 9.17) is 18.9 Å². The van der Waals surface area contributed by atoms with Crippen LogP contribution in [-0.2, 0) is 24.5 Å². The summed E-state index contributed by atoms with van der Waals surface area (Å²) in [6.45, 7) is 9.40. The minimum Gasteiger partial charge on any atom is -0.491 e. The van der Waals surface area contributed by atoms with Crippen LogP contribution in [0.2, 0.25) is 0 Å². The second-order valence-electron chi connectivity index (χ2n) is 10.7. The number of unbranched alkanes of at least 4 members (excludes halogenated alkanes) is 5. The molecule has 2 rings (SSSR count). The number of benzene rings is 2. The highest BCUT2D eigenvalue weighted by Gasteiger charge is 2.27. The maximum Gasteiger partial charge on any atom is 0.330 e. The summed E-state index contributed by atoms with van der Waals surface area (Å²) in [5.41, 5.74) is 1.94. The van der Waals surface area contributed by atoms with Gasteiger partial charge >= 0.3 is 11.9 Å². The number of carbonyl (C=O) groups is 2. The third-order valence-corrected chi connectivity index (χ3v) is 7.39. The van der Waals surface area contributed by atoms with Gasteiger partial charge in [0.15, 0.2) is 6.10 Å². The van der Waals surface area contributed by atoms with Crippen molar-refractivity contribution in [3.63, 3.8) is 0 Å². The van der Waals surface area contributed by atoms with Crippen molar-refractivity contribution in [1.29, 1.82) is 0 Å². The summed E-state index contributed by atoms with van der Waals surface area (Å²) in [4.78, 5) is 23.3. The summed E-state index contributed by atoms with van der Waals surface area (Å²) in [5, 5.41) is 19.6. The maximum atomic E-state index is 12.2. The van der Waals surface area contributed by atoms with Gasteiger partial charge < -0.3 is 29.2 Å². The predicted octanol–water partition coefficient (Wildman–Crippen LogP) is 5.91. The third kappa shape index (κ3) is 11.9. The fourth-order valence-corrected chi connectivity index (χ4v) is 4.50. The maximum absolute atomic E-state index is 12.2. The van der Waals surface area contributed by atoms with Crippen LogP contribution in [0.25, 0.3) is 0 Å². The van der Waals surface area contributed by atoms with Crippen molar-refractivity contribution in [2.24, 2.45) is 0 Å². The lowest BCUT2D eigenvalue weighted by Crippen LogP contribution is -2.28. The van der Waals surface area contributed by atoms with Crippen molar-refractivity contribution in [2.75, 3.05) is 26.4 Å². The molecule has 2 N–H and O–H groups in total. The number of esters is 2. The zero-order valence-corrected chi connectivity index (χ0v) is 25.4. The van der Waals surface area contributed by atoms with E-state index < -0.39 is 18.2 Å². The van der Waals surface area contributed by atoms with E-state index in [0.29, 0.717) is 17.9 Å². The average molecular weight is 585 g/mol. The molecular formula is C34H48O8. The van der Waals surface area contributed by atoms with Gasteiger partial charge in [-0.3, -0.25) is 4.79 Å². The van der Waals surface area contributed by atoms with Crippen molar-refractivity contribution in [2.45, 2.75) is 89.8 Å².